The molecule has 7 heteroatoms. The number of hydrogen-bond acceptors (Lipinski definition) is 6. The molecule has 0 atom stereocenters. The summed E-state index contributed by atoms with van der Waals surface area (Å²) in [6, 6.07) is 4.37. The van der Waals surface area contributed by atoms with E-state index in [9.17, 15) is 20.0 Å². The van der Waals surface area contributed by atoms with E-state index in [0.717, 1.165) is 0 Å². The van der Waals surface area contributed by atoms with E-state index >= 15 is 0 Å². The number of hydrogen-bond donors (Lipinski definition) is 1. The molecule has 0 bridgehead atoms. The third kappa shape index (κ3) is 5.38. The van der Waals surface area contributed by atoms with Gasteiger partial charge in [-0.05, 0) is 31.0 Å². The number of nitrogens with zero attached hydrogens (tertiary/aromatic N) is 1. The molecular formula is C13H15NO6. The van der Waals surface area contributed by atoms with E-state index in [1.54, 1.807) is 0 Å². The predicted octanol–water partition coefficient (Wildman–Crippen LogP) is 2.32. The minimum Gasteiger partial charge on any atom is -0.507 e. The number of phenols is 1. The van der Waals surface area contributed by atoms with Crippen LogP contribution in [0, 0.1) is 10.1 Å². The standard InChI is InChI=1S/C13H15NO6/c1-2-10-9-11(6-7-12(10)15)20-13(16)5-3-4-8-19-14(17)18/h2,6-7,9,15H,1,3-5,8H2. The molecule has 0 spiro atoms. The molecule has 0 aliphatic carbocycles. The largest absolute Gasteiger partial charge is 0.507 e. The molecule has 0 aromatic heterocycles. The fourth-order valence-electron chi connectivity index (χ4n) is 1.45. The zero-order valence-corrected chi connectivity index (χ0v) is 10.8. The van der Waals surface area contributed by atoms with Gasteiger partial charge in [0.1, 0.15) is 11.5 Å². The first-order chi connectivity index (χ1) is 9.52. The number of rotatable bonds is 8. The highest BCUT2D eigenvalue weighted by molar-refractivity contribution is 5.73. The van der Waals surface area contributed by atoms with Crippen molar-refractivity contribution in [3.8, 4) is 11.5 Å². The van der Waals surface area contributed by atoms with Crippen LogP contribution in [0.4, 0.5) is 0 Å². The summed E-state index contributed by atoms with van der Waals surface area (Å²) in [6.45, 7) is 3.49. The summed E-state index contributed by atoms with van der Waals surface area (Å²) < 4.78 is 5.07. The van der Waals surface area contributed by atoms with Gasteiger partial charge in [0.05, 0.1) is 6.61 Å². The molecule has 0 aliphatic rings. The average Bonchev–Trinajstić information content (AvgIpc) is 2.40. The molecule has 0 radical (unpaired) electrons. The second-order valence-corrected chi connectivity index (χ2v) is 3.91. The Bertz CT molecular complexity index is 500. The molecule has 20 heavy (non-hydrogen) atoms. The van der Waals surface area contributed by atoms with E-state index < -0.39 is 11.1 Å². The minimum absolute atomic E-state index is 0.0416. The van der Waals surface area contributed by atoms with E-state index in [-0.39, 0.29) is 18.8 Å². The summed E-state index contributed by atoms with van der Waals surface area (Å²) in [4.78, 5) is 25.5. The van der Waals surface area contributed by atoms with Crippen molar-refractivity contribution in [3.05, 3.63) is 40.5 Å². The first-order valence-corrected chi connectivity index (χ1v) is 5.96. The van der Waals surface area contributed by atoms with Crippen LogP contribution in [0.25, 0.3) is 6.08 Å². The van der Waals surface area contributed by atoms with Gasteiger partial charge in [-0.2, -0.15) is 0 Å². The number of carbonyl (C=O) groups excluding carboxylic acids is 1. The van der Waals surface area contributed by atoms with Crippen LogP contribution < -0.4 is 4.74 Å². The number of unbranched alkanes of at least 4 members (excludes halogenated alkanes) is 1. The highest BCUT2D eigenvalue weighted by Crippen LogP contribution is 2.24. The number of carbonyl (C=O) groups is 1. The van der Waals surface area contributed by atoms with Crippen molar-refractivity contribution >= 4 is 12.0 Å². The van der Waals surface area contributed by atoms with Crippen LogP contribution in [0.2, 0.25) is 0 Å². The van der Waals surface area contributed by atoms with E-state index in [1.165, 1.54) is 24.3 Å². The maximum Gasteiger partial charge on any atom is 0.311 e. The molecular weight excluding hydrogens is 266 g/mol. The lowest BCUT2D eigenvalue weighted by Crippen LogP contribution is -2.09. The quantitative estimate of drug-likeness (QED) is 0.258. The molecule has 7 nitrogen and oxygen atoms in total. The lowest BCUT2D eigenvalue weighted by molar-refractivity contribution is -0.757. The molecule has 0 saturated carbocycles. The van der Waals surface area contributed by atoms with Gasteiger partial charge in [0.25, 0.3) is 5.09 Å². The van der Waals surface area contributed by atoms with Crippen LogP contribution >= 0.6 is 0 Å². The number of esters is 1. The number of phenolic OH excluding ortho intramolecular Hbond substituents is 1. The van der Waals surface area contributed by atoms with Crippen LogP contribution in [0.1, 0.15) is 24.8 Å². The molecule has 108 valence electrons. The highest BCUT2D eigenvalue weighted by Gasteiger charge is 2.07. The Kier molecular flexibility index (Phi) is 6.02. The van der Waals surface area contributed by atoms with Gasteiger partial charge < -0.3 is 14.7 Å². The van der Waals surface area contributed by atoms with Crippen LogP contribution in [-0.4, -0.2) is 22.8 Å². The first-order valence-electron chi connectivity index (χ1n) is 5.96. The molecule has 0 heterocycles. The van der Waals surface area contributed by atoms with Crippen molar-refractivity contribution in [3.63, 3.8) is 0 Å². The Balaban J connectivity index is 2.35. The molecule has 1 aromatic carbocycles. The third-order valence-electron chi connectivity index (χ3n) is 2.42. The fourth-order valence-corrected chi connectivity index (χ4v) is 1.45. The lowest BCUT2D eigenvalue weighted by atomic mass is 10.2. The van der Waals surface area contributed by atoms with Gasteiger partial charge in [0.2, 0.25) is 0 Å². The Hall–Kier alpha value is -2.57. The number of aromatic hydroxyl groups is 1. The SMILES string of the molecule is C=Cc1cc(OC(=O)CCCCO[N+](=O)[O-])ccc1O. The molecule has 1 aromatic rings. The maximum absolute atomic E-state index is 11.5. The normalized spacial score (nSPS) is 9.80. The van der Waals surface area contributed by atoms with Gasteiger partial charge in [-0.3, -0.25) is 4.79 Å². The summed E-state index contributed by atoms with van der Waals surface area (Å²) in [7, 11) is 0. The summed E-state index contributed by atoms with van der Waals surface area (Å²) in [5.41, 5.74) is 0.467. The summed E-state index contributed by atoms with van der Waals surface area (Å²) in [5.74, 6) is -0.0900. The lowest BCUT2D eigenvalue weighted by Gasteiger charge is -2.06. The van der Waals surface area contributed by atoms with Crippen LogP contribution in [-0.2, 0) is 9.63 Å². The van der Waals surface area contributed by atoms with Crippen molar-refractivity contribution in [1.82, 2.24) is 0 Å². The van der Waals surface area contributed by atoms with Crippen molar-refractivity contribution in [2.75, 3.05) is 6.61 Å². The Morgan fingerprint density at radius 3 is 2.85 bits per heavy atom. The molecule has 0 saturated heterocycles. The molecule has 1 N–H and O–H groups in total. The fraction of sp³-hybridized carbons (Fsp3) is 0.308. The van der Waals surface area contributed by atoms with E-state index in [1.807, 2.05) is 0 Å². The molecule has 1 rings (SSSR count). The smallest absolute Gasteiger partial charge is 0.311 e. The van der Waals surface area contributed by atoms with Crippen molar-refractivity contribution < 1.29 is 24.6 Å². The topological polar surface area (TPSA) is 98.9 Å². The Labute approximate surface area is 115 Å². The minimum atomic E-state index is -0.869. The predicted molar refractivity (Wildman–Crippen MR) is 70.6 cm³/mol. The van der Waals surface area contributed by atoms with Crippen LogP contribution in [0.15, 0.2) is 24.8 Å². The van der Waals surface area contributed by atoms with E-state index in [2.05, 4.69) is 11.4 Å². The number of benzene rings is 1. The number of ether oxygens (including phenoxy) is 1. The second-order valence-electron chi connectivity index (χ2n) is 3.91. The average molecular weight is 281 g/mol. The molecule has 0 unspecified atom stereocenters. The molecule has 0 amide bonds. The second kappa shape index (κ2) is 7.78. The van der Waals surface area contributed by atoms with E-state index in [0.29, 0.717) is 24.2 Å². The summed E-state index contributed by atoms with van der Waals surface area (Å²) >= 11 is 0. The van der Waals surface area contributed by atoms with Gasteiger partial charge >= 0.3 is 5.97 Å². The van der Waals surface area contributed by atoms with Gasteiger partial charge in [-0.15, -0.1) is 10.1 Å². The first kappa shape index (κ1) is 15.5. The zero-order chi connectivity index (χ0) is 15.0. The molecule has 0 fully saturated rings. The van der Waals surface area contributed by atoms with Gasteiger partial charge in [-0.1, -0.05) is 12.7 Å². The Morgan fingerprint density at radius 1 is 1.45 bits per heavy atom. The zero-order valence-electron chi connectivity index (χ0n) is 10.8. The van der Waals surface area contributed by atoms with Gasteiger partial charge in [0, 0.05) is 12.0 Å². The maximum atomic E-state index is 11.5. The van der Waals surface area contributed by atoms with Crippen LogP contribution in [0.5, 0.6) is 11.5 Å². The van der Waals surface area contributed by atoms with E-state index in [4.69, 9.17) is 4.74 Å². The van der Waals surface area contributed by atoms with Crippen molar-refractivity contribution in [1.29, 1.82) is 0 Å². The van der Waals surface area contributed by atoms with Crippen molar-refractivity contribution in [2.45, 2.75) is 19.3 Å². The third-order valence-corrected chi connectivity index (χ3v) is 2.42. The summed E-state index contributed by atoms with van der Waals surface area (Å²) in [6.07, 6.45) is 2.40. The van der Waals surface area contributed by atoms with Crippen molar-refractivity contribution in [2.24, 2.45) is 0 Å². The van der Waals surface area contributed by atoms with Gasteiger partial charge in [0.15, 0.2) is 0 Å². The highest BCUT2D eigenvalue weighted by atomic mass is 16.9. The Morgan fingerprint density at radius 2 is 2.20 bits per heavy atom. The monoisotopic (exact) mass is 281 g/mol. The van der Waals surface area contributed by atoms with Gasteiger partial charge in [-0.25, -0.2) is 0 Å². The molecule has 0 aliphatic heterocycles. The van der Waals surface area contributed by atoms with Crippen LogP contribution in [0.3, 0.4) is 0 Å². The summed E-state index contributed by atoms with van der Waals surface area (Å²) in [5, 5.41) is 18.5.